The molecule has 7 heteroatoms. The van der Waals surface area contributed by atoms with Gasteiger partial charge in [0.05, 0.1) is 57.8 Å². The van der Waals surface area contributed by atoms with Gasteiger partial charge in [-0.1, -0.05) is 257 Å². The molecule has 15 rings (SSSR count). The molecule has 0 fully saturated rings. The Bertz CT molecular complexity index is 7280. The molecule has 3 aromatic heterocycles. The molecule has 88 heavy (non-hydrogen) atoms. The Kier molecular flexibility index (Phi) is 6.16. The Balaban J connectivity index is 0.0000150. The number of fused-ring (bicyclic) bond motifs is 5. The Hall–Kier alpha value is -9.45. The number of aryl methyl sites for hydroxylation is 1. The topological polar surface area (TPSA) is 35.9 Å². The fourth-order valence-corrected chi connectivity index (χ4v) is 14.1. The molecule has 0 aliphatic heterocycles. The van der Waals surface area contributed by atoms with E-state index in [2.05, 4.69) is 23.4 Å². The molecule has 11 aromatic carbocycles. The fourth-order valence-electron chi connectivity index (χ4n) is 10.6. The zero-order chi connectivity index (χ0) is 101. The Morgan fingerprint density at radius 3 is 1.84 bits per heavy atom. The molecule has 0 saturated heterocycles. The first-order valence-corrected chi connectivity index (χ1v) is 28.1. The molecule has 1 aliphatic carbocycles. The molecule has 3 heterocycles. The number of hydrogen-bond donors (Lipinski definition) is 0. The van der Waals surface area contributed by atoms with Crippen LogP contribution in [0.5, 0.6) is 11.5 Å². The number of imidazole rings is 1. The summed E-state index contributed by atoms with van der Waals surface area (Å²) >= 11 is 0. The monoisotopic (exact) mass is 1380 g/mol. The van der Waals surface area contributed by atoms with Crippen LogP contribution in [0.2, 0.25) is 0 Å². The van der Waals surface area contributed by atoms with Crippen molar-refractivity contribution in [2.45, 2.75) is 57.8 Å². The number of nitrogens with zero attached hydrogens (tertiary/aromatic N) is 4. The van der Waals surface area contributed by atoms with Crippen molar-refractivity contribution in [3.8, 4) is 62.1 Å². The van der Waals surface area contributed by atoms with Gasteiger partial charge >= 0.3 is 0 Å². The summed E-state index contributed by atoms with van der Waals surface area (Å²) < 4.78 is 471. The summed E-state index contributed by atoms with van der Waals surface area (Å²) in [4.78, 5) is 4.61. The van der Waals surface area contributed by atoms with Gasteiger partial charge in [-0.25, -0.2) is 4.98 Å². The summed E-state index contributed by atoms with van der Waals surface area (Å²) in [6, 6.07) is -15.7. The third-order valence-corrected chi connectivity index (χ3v) is 18.4. The van der Waals surface area contributed by atoms with Crippen LogP contribution >= 0.6 is 0 Å². The number of aromatic nitrogens is 4. The quantitative estimate of drug-likeness (QED) is 0.0529. The molecule has 0 N–H and O–H groups in total. The van der Waals surface area contributed by atoms with Gasteiger partial charge in [0.25, 0.3) is 6.33 Å². The van der Waals surface area contributed by atoms with Gasteiger partial charge in [0, 0.05) is 75.9 Å². The maximum Gasteiger partial charge on any atom is 0.268 e. The van der Waals surface area contributed by atoms with Gasteiger partial charge in [-0.15, -0.1) is 29.7 Å². The van der Waals surface area contributed by atoms with Gasteiger partial charge in [-0.05, 0) is 119 Å². The second kappa shape index (κ2) is 22.7. The fraction of sp³-hybridized carbons (Fsp3) is 0.111. The summed E-state index contributed by atoms with van der Waals surface area (Å²) in [6.07, 6.45) is -5.96. The summed E-state index contributed by atoms with van der Waals surface area (Å²) in [5, 5.41) is -4.72. The molecule has 0 bridgehead atoms. The molecule has 14 aromatic rings. The van der Waals surface area contributed by atoms with Crippen molar-refractivity contribution < 1.29 is 97.5 Å². The molecule has 430 valence electrons. The Morgan fingerprint density at radius 2 is 1.15 bits per heavy atom. The molecule has 1 aliphatic rings. The summed E-state index contributed by atoms with van der Waals surface area (Å²) in [7, 11) is -6.95. The standard InChI is InChI=1S/C81H64N4OSi.Pt/c1-56-49-78(82-54-71(56)57-25-10-6-11-26-57)85-74-40-19-18-37-69(74)70-45-44-62(53-77(70)85)86-61-29-23-28-60(52-61)83-55-84(76-42-21-20-41-75(76)83)79-67(38-24-39-68(79)59-43-46-72-73(51-59)81(4,5)48-47-80(72,2)3)58-27-22-36-66(50-58)87(63-30-12-7-13-31-63,64-32-14-8-15-33-64)65-34-16-9-17-35-65;/h6-46,49-51,54H,47-48H2,1-5H3;/q-2;/i1D3,2D3,3D3,4D3,5D3,6D,7D,8D,9D,10D,11D,12D,13D,14D,15D,16D,17D,22D,24D,25D,26D,27D,30D,31D,32D,33D,34D,35D,36D,38D,39D,43D,46D,47D2,48D2,50D,51D;. The van der Waals surface area contributed by atoms with Gasteiger partial charge < -0.3 is 13.9 Å². The summed E-state index contributed by atoms with van der Waals surface area (Å²) in [6.45, 7) is -21.9. The van der Waals surface area contributed by atoms with Crippen LogP contribution in [0.1, 0.15) is 124 Å². The number of pyridine rings is 1. The predicted molar refractivity (Wildman–Crippen MR) is 360 cm³/mol. The molecule has 0 radical (unpaired) electrons. The number of rotatable bonds is 12. The first-order chi connectivity index (χ1) is 62.8. The zero-order valence-corrected chi connectivity index (χ0v) is 47.9. The van der Waals surface area contributed by atoms with Crippen LogP contribution in [-0.2, 0) is 31.9 Å². The van der Waals surface area contributed by atoms with E-state index < -0.39 is 324 Å². The van der Waals surface area contributed by atoms with Gasteiger partial charge in [-0.3, -0.25) is 4.57 Å². The molecule has 0 atom stereocenters. The van der Waals surface area contributed by atoms with Crippen LogP contribution in [0.3, 0.4) is 0 Å². The second-order valence-electron chi connectivity index (χ2n) is 19.5. The van der Waals surface area contributed by atoms with E-state index in [0.717, 1.165) is 16.8 Å². The SMILES string of the molecule is [2H]c1c([2H])c([2H])c(-c2cnc(-n3c4[c-]c(Oc5[c-]c(-n6[c-][n+](-c7c(-c8c([2H])c([2H])c9c(c8[2H])C(C([2H])([2H])[2H])(C([2H])([2H])[2H])C([2H])([2H])C([2H])([2H])C9(C([2H])([2H])[2H])C([2H])([2H])[2H])c([2H])c([2H])c([2H])c7-c7c([2H])c([2H])c([2H])c([Si](c8c([2H])c([2H])c([2H])c([2H])c8[2H])(c8c([2H])c([2H])c([2H])c([2H])c8[2H])c8c([2H])c([2H])c([2H])c([2H])c8[2H])c7[2H])c7ccccc76)ccc5)ccc4c4ccccc43)cc2C([2H])([2H])[2H])c([2H])c1[2H].[Pt]. The number of para-hydroxylation sites is 4. The van der Waals surface area contributed by atoms with Crippen molar-refractivity contribution in [1.29, 1.82) is 0 Å². The van der Waals surface area contributed by atoms with E-state index in [0.29, 0.717) is 20.9 Å². The smallest absolute Gasteiger partial charge is 0.268 e. The van der Waals surface area contributed by atoms with Crippen molar-refractivity contribution in [3.05, 3.63) is 308 Å². The molecular weight excluding hydrogens is 1270 g/mol. The minimum absolute atomic E-state index is 0. The largest absolute Gasteiger partial charge is 0.510 e. The van der Waals surface area contributed by atoms with E-state index in [1.165, 1.54) is 53.1 Å². The van der Waals surface area contributed by atoms with E-state index in [-0.39, 0.29) is 60.7 Å². The van der Waals surface area contributed by atoms with Crippen LogP contribution in [-0.4, -0.2) is 22.2 Å². The van der Waals surface area contributed by atoms with E-state index in [1.54, 1.807) is 30.3 Å². The Morgan fingerprint density at radius 1 is 0.545 bits per heavy atom. The first-order valence-electron chi connectivity index (χ1n) is 50.6. The van der Waals surface area contributed by atoms with Gasteiger partial charge in [0.15, 0.2) is 8.07 Å². The molecule has 0 saturated carbocycles. The van der Waals surface area contributed by atoms with Crippen LogP contribution in [0, 0.1) is 25.3 Å². The van der Waals surface area contributed by atoms with Crippen molar-refractivity contribution >= 4 is 61.7 Å². The molecule has 0 unspecified atom stereocenters. The van der Waals surface area contributed by atoms with Gasteiger partial charge in [0.1, 0.15) is 5.82 Å². The Labute approximate surface area is 600 Å². The van der Waals surface area contributed by atoms with Crippen LogP contribution in [0.4, 0.5) is 0 Å². The summed E-state index contributed by atoms with van der Waals surface area (Å²) in [5.41, 5.74) is -22.8. The third kappa shape index (κ3) is 9.67. The minimum atomic E-state index is -6.95. The first kappa shape index (κ1) is 23.9. The zero-order valence-electron chi connectivity index (χ0n) is 93.7. The van der Waals surface area contributed by atoms with E-state index in [4.69, 9.17) is 28.0 Å². The minimum Gasteiger partial charge on any atom is -0.510 e. The van der Waals surface area contributed by atoms with Gasteiger partial charge in [0.2, 0.25) is 0 Å². The van der Waals surface area contributed by atoms with E-state index in [9.17, 15) is 43.9 Å². The van der Waals surface area contributed by atoms with E-state index in [1.807, 2.05) is 0 Å². The maximum atomic E-state index is 11.1. The van der Waals surface area contributed by atoms with Crippen molar-refractivity contribution in [2.24, 2.45) is 0 Å². The molecule has 0 spiro atoms. The number of hydrogen-bond acceptors (Lipinski definition) is 2. The average Bonchev–Trinajstić information content (AvgIpc) is 0.739. The molecule has 0 amide bonds. The normalized spacial score (nSPS) is 23.3. The van der Waals surface area contributed by atoms with E-state index >= 15 is 0 Å². The van der Waals surface area contributed by atoms with Gasteiger partial charge in [-0.2, -0.15) is 18.2 Å². The van der Waals surface area contributed by atoms with Crippen molar-refractivity contribution in [2.75, 3.05) is 0 Å². The van der Waals surface area contributed by atoms with Crippen LogP contribution < -0.4 is 30.1 Å². The second-order valence-corrected chi connectivity index (χ2v) is 23.0. The van der Waals surface area contributed by atoms with Crippen LogP contribution in [0.25, 0.3) is 83.4 Å². The van der Waals surface area contributed by atoms with Crippen LogP contribution in [0.15, 0.2) is 272 Å². The average molecular weight is 1380 g/mol. The van der Waals surface area contributed by atoms with Crippen molar-refractivity contribution in [3.63, 3.8) is 0 Å². The number of ether oxygens (including phenoxy) is 1. The predicted octanol–water partition coefficient (Wildman–Crippen LogP) is 16.6. The maximum absolute atomic E-state index is 11.1. The summed E-state index contributed by atoms with van der Waals surface area (Å²) in [5.74, 6) is -0.471. The molecule has 5 nitrogen and oxygen atoms in total. The molecular formula is C81H64N4OPtSi-2. The number of benzene rings is 11. The third-order valence-electron chi connectivity index (χ3n) is 14.4. The van der Waals surface area contributed by atoms with Crippen molar-refractivity contribution in [1.82, 2.24) is 14.1 Å².